The van der Waals surface area contributed by atoms with E-state index < -0.39 is 0 Å². The van der Waals surface area contributed by atoms with Crippen molar-refractivity contribution in [1.29, 1.82) is 0 Å². The van der Waals surface area contributed by atoms with E-state index in [0.29, 0.717) is 18.5 Å². The average Bonchev–Trinajstić information content (AvgIpc) is 3.04. The van der Waals surface area contributed by atoms with Crippen LogP contribution in [0.4, 0.5) is 0 Å². The molecule has 0 fully saturated rings. The van der Waals surface area contributed by atoms with Gasteiger partial charge >= 0.3 is 0 Å². The second-order valence-electron chi connectivity index (χ2n) is 5.23. The third-order valence-corrected chi connectivity index (χ3v) is 3.41. The fourth-order valence-corrected chi connectivity index (χ4v) is 2.15. The van der Waals surface area contributed by atoms with Crippen LogP contribution in [0, 0.1) is 5.92 Å². The van der Waals surface area contributed by atoms with E-state index in [0.717, 1.165) is 17.8 Å². The van der Waals surface area contributed by atoms with Crippen LogP contribution in [-0.4, -0.2) is 22.0 Å². The van der Waals surface area contributed by atoms with Crippen molar-refractivity contribution in [1.82, 2.24) is 15.1 Å². The van der Waals surface area contributed by atoms with Crippen molar-refractivity contribution in [2.45, 2.75) is 46.2 Å². The molecule has 0 aromatic carbocycles. The Kier molecular flexibility index (Phi) is 5.09. The van der Waals surface area contributed by atoms with Crippen LogP contribution in [0.1, 0.15) is 45.2 Å². The molecule has 1 aromatic rings. The molecule has 2 rings (SSSR count). The molecule has 20 heavy (non-hydrogen) atoms. The minimum Gasteiger partial charge on any atom is -0.350 e. The summed E-state index contributed by atoms with van der Waals surface area (Å²) in [5.74, 6) is 1.29. The number of amidine groups is 1. The SMILES string of the molecule is CCC[C@H](C)n1cc(C/N=C\N=C2\NC=C[C@@H]2C)cn1. The summed E-state index contributed by atoms with van der Waals surface area (Å²) in [4.78, 5) is 8.64. The molecule has 0 saturated heterocycles. The first-order valence-corrected chi connectivity index (χ1v) is 7.23. The highest BCUT2D eigenvalue weighted by molar-refractivity contribution is 5.93. The fourth-order valence-electron chi connectivity index (χ4n) is 2.15. The lowest BCUT2D eigenvalue weighted by atomic mass is 10.2. The fraction of sp³-hybridized carbons (Fsp3) is 0.533. The molecule has 0 bridgehead atoms. The predicted octanol–water partition coefficient (Wildman–Crippen LogP) is 2.92. The van der Waals surface area contributed by atoms with Gasteiger partial charge in [0.25, 0.3) is 0 Å². The van der Waals surface area contributed by atoms with Gasteiger partial charge in [0.2, 0.25) is 0 Å². The summed E-state index contributed by atoms with van der Waals surface area (Å²) in [7, 11) is 0. The second kappa shape index (κ2) is 7.03. The lowest BCUT2D eigenvalue weighted by Crippen LogP contribution is -2.17. The first-order chi connectivity index (χ1) is 9.70. The zero-order valence-electron chi connectivity index (χ0n) is 12.5. The van der Waals surface area contributed by atoms with Crippen LogP contribution >= 0.6 is 0 Å². The molecule has 1 N–H and O–H groups in total. The maximum Gasteiger partial charge on any atom is 0.114 e. The van der Waals surface area contributed by atoms with Gasteiger partial charge in [-0.05, 0) is 19.5 Å². The van der Waals surface area contributed by atoms with Crippen LogP contribution in [0.15, 0.2) is 34.7 Å². The third kappa shape index (κ3) is 3.79. The van der Waals surface area contributed by atoms with E-state index in [1.54, 1.807) is 6.34 Å². The van der Waals surface area contributed by atoms with Gasteiger partial charge in [-0.1, -0.05) is 26.3 Å². The monoisotopic (exact) mass is 273 g/mol. The lowest BCUT2D eigenvalue weighted by molar-refractivity contribution is 0.454. The Bertz CT molecular complexity index is 512. The summed E-state index contributed by atoms with van der Waals surface area (Å²) in [5.41, 5.74) is 1.12. The molecule has 1 aliphatic heterocycles. The van der Waals surface area contributed by atoms with Gasteiger partial charge in [0.15, 0.2) is 0 Å². The summed E-state index contributed by atoms with van der Waals surface area (Å²) in [6.45, 7) is 7.10. The Balaban J connectivity index is 1.85. The lowest BCUT2D eigenvalue weighted by Gasteiger charge is -2.09. The Morgan fingerprint density at radius 3 is 3.10 bits per heavy atom. The molecular weight excluding hydrogens is 250 g/mol. The Hall–Kier alpha value is -1.91. The van der Waals surface area contributed by atoms with Crippen LogP contribution in [0.2, 0.25) is 0 Å². The van der Waals surface area contributed by atoms with E-state index in [4.69, 9.17) is 0 Å². The molecule has 0 amide bonds. The summed E-state index contributed by atoms with van der Waals surface area (Å²) < 4.78 is 2.02. The van der Waals surface area contributed by atoms with E-state index in [2.05, 4.69) is 53.4 Å². The van der Waals surface area contributed by atoms with Crippen molar-refractivity contribution in [3.8, 4) is 0 Å². The van der Waals surface area contributed by atoms with Crippen molar-refractivity contribution in [2.75, 3.05) is 0 Å². The standard InChI is InChI=1S/C15H23N5/c1-4-5-13(3)20-10-14(9-19-20)8-16-11-18-15-12(2)6-7-17-15/h6-7,9-13H,4-5,8H2,1-3H3,(H,16,17,18)/t12-,13-/m0/s1. The third-order valence-electron chi connectivity index (χ3n) is 3.41. The largest absolute Gasteiger partial charge is 0.350 e. The number of aromatic nitrogens is 2. The molecule has 0 radical (unpaired) electrons. The molecule has 0 unspecified atom stereocenters. The van der Waals surface area contributed by atoms with Crippen LogP contribution < -0.4 is 5.32 Å². The van der Waals surface area contributed by atoms with Gasteiger partial charge in [0.1, 0.15) is 12.2 Å². The topological polar surface area (TPSA) is 54.6 Å². The molecule has 5 heteroatoms. The molecule has 5 nitrogen and oxygen atoms in total. The molecule has 1 aliphatic rings. The maximum atomic E-state index is 4.39. The highest BCUT2D eigenvalue weighted by Crippen LogP contribution is 2.12. The molecule has 2 atom stereocenters. The molecular formula is C15H23N5. The second-order valence-corrected chi connectivity index (χ2v) is 5.23. The van der Waals surface area contributed by atoms with Gasteiger partial charge in [-0.2, -0.15) is 5.10 Å². The van der Waals surface area contributed by atoms with Gasteiger partial charge in [0.05, 0.1) is 12.7 Å². The number of nitrogens with one attached hydrogen (secondary N) is 1. The minimum absolute atomic E-state index is 0.346. The van der Waals surface area contributed by atoms with Crippen molar-refractivity contribution >= 4 is 12.2 Å². The first kappa shape index (κ1) is 14.5. The van der Waals surface area contributed by atoms with Crippen molar-refractivity contribution < 1.29 is 0 Å². The quantitative estimate of drug-likeness (QED) is 0.640. The molecule has 0 aliphatic carbocycles. The highest BCUT2D eigenvalue weighted by atomic mass is 15.3. The minimum atomic E-state index is 0.346. The van der Waals surface area contributed by atoms with E-state index in [1.165, 1.54) is 6.42 Å². The van der Waals surface area contributed by atoms with Gasteiger partial charge in [-0.25, -0.2) is 4.99 Å². The maximum absolute atomic E-state index is 4.39. The number of hydrogen-bond donors (Lipinski definition) is 1. The van der Waals surface area contributed by atoms with Crippen molar-refractivity contribution in [2.24, 2.45) is 15.9 Å². The van der Waals surface area contributed by atoms with E-state index in [1.807, 2.05) is 17.1 Å². The van der Waals surface area contributed by atoms with Gasteiger partial charge in [0, 0.05) is 23.7 Å². The van der Waals surface area contributed by atoms with E-state index in [9.17, 15) is 0 Å². The molecule has 0 spiro atoms. The number of rotatable bonds is 6. The Labute approximate surface area is 120 Å². The van der Waals surface area contributed by atoms with Crippen molar-refractivity contribution in [3.63, 3.8) is 0 Å². The van der Waals surface area contributed by atoms with Gasteiger partial charge < -0.3 is 5.32 Å². The number of aliphatic imine (C=N–C) groups is 2. The Morgan fingerprint density at radius 2 is 2.40 bits per heavy atom. The molecule has 1 aromatic heterocycles. The molecule has 108 valence electrons. The highest BCUT2D eigenvalue weighted by Gasteiger charge is 2.09. The molecule has 2 heterocycles. The number of nitrogens with zero attached hydrogens (tertiary/aromatic N) is 4. The first-order valence-electron chi connectivity index (χ1n) is 7.23. The summed E-state index contributed by atoms with van der Waals surface area (Å²) in [5, 5.41) is 7.49. The normalized spacial score (nSPS) is 21.8. The van der Waals surface area contributed by atoms with Crippen LogP contribution in [0.25, 0.3) is 0 Å². The predicted molar refractivity (Wildman–Crippen MR) is 82.9 cm³/mol. The number of hydrogen-bond acceptors (Lipinski definition) is 2. The van der Waals surface area contributed by atoms with E-state index in [-0.39, 0.29) is 0 Å². The summed E-state index contributed by atoms with van der Waals surface area (Å²) >= 11 is 0. The van der Waals surface area contributed by atoms with Crippen LogP contribution in [-0.2, 0) is 6.54 Å². The van der Waals surface area contributed by atoms with Gasteiger partial charge in [-0.3, -0.25) is 9.67 Å². The Morgan fingerprint density at radius 1 is 1.55 bits per heavy atom. The van der Waals surface area contributed by atoms with Crippen LogP contribution in [0.3, 0.4) is 0 Å². The smallest absolute Gasteiger partial charge is 0.114 e. The zero-order chi connectivity index (χ0) is 14.4. The van der Waals surface area contributed by atoms with Crippen LogP contribution in [0.5, 0.6) is 0 Å². The van der Waals surface area contributed by atoms with E-state index >= 15 is 0 Å². The average molecular weight is 273 g/mol. The van der Waals surface area contributed by atoms with Crippen molar-refractivity contribution in [3.05, 3.63) is 30.2 Å². The zero-order valence-corrected chi connectivity index (χ0v) is 12.5. The summed E-state index contributed by atoms with van der Waals surface area (Å²) in [6, 6.07) is 0.451. The van der Waals surface area contributed by atoms with Gasteiger partial charge in [-0.15, -0.1) is 0 Å². The summed E-state index contributed by atoms with van der Waals surface area (Å²) in [6.07, 6.45) is 11.9. The molecule has 0 saturated carbocycles.